The highest BCUT2D eigenvalue weighted by Crippen LogP contribution is 2.47. The van der Waals surface area contributed by atoms with Crippen LogP contribution in [0.1, 0.15) is 46.5 Å². The molecule has 3 N–H and O–H groups in total. The summed E-state index contributed by atoms with van der Waals surface area (Å²) in [5.74, 6) is 0.283. The van der Waals surface area contributed by atoms with Gasteiger partial charge in [-0.25, -0.2) is 0 Å². The van der Waals surface area contributed by atoms with Crippen molar-refractivity contribution in [3.8, 4) is 0 Å². The maximum atomic E-state index is 11.7. The summed E-state index contributed by atoms with van der Waals surface area (Å²) in [7, 11) is 0. The molecular weight excluding hydrogens is 188 g/mol. The highest BCUT2D eigenvalue weighted by Gasteiger charge is 2.40. The Bertz CT molecular complexity index is 224. The molecule has 2 unspecified atom stereocenters. The van der Waals surface area contributed by atoms with Crippen LogP contribution >= 0.6 is 0 Å². The van der Waals surface area contributed by atoms with Crippen LogP contribution in [-0.4, -0.2) is 18.5 Å². The monoisotopic (exact) mass is 212 g/mol. The normalized spacial score (nSPS) is 21.9. The quantitative estimate of drug-likeness (QED) is 0.703. The lowest BCUT2D eigenvalue weighted by atomic mass is 9.98. The molecule has 0 spiro atoms. The molecule has 0 saturated heterocycles. The zero-order chi connectivity index (χ0) is 11.5. The minimum absolute atomic E-state index is 0.0177. The van der Waals surface area contributed by atoms with E-state index in [0.29, 0.717) is 5.41 Å². The minimum Gasteiger partial charge on any atom is -0.354 e. The van der Waals surface area contributed by atoms with Crippen molar-refractivity contribution in [2.45, 2.75) is 52.5 Å². The molecule has 0 aromatic rings. The summed E-state index contributed by atoms with van der Waals surface area (Å²) in [5, 5.41) is 2.99. The molecule has 0 heterocycles. The first kappa shape index (κ1) is 12.5. The zero-order valence-electron chi connectivity index (χ0n) is 10.2. The summed E-state index contributed by atoms with van der Waals surface area (Å²) >= 11 is 0. The van der Waals surface area contributed by atoms with E-state index in [9.17, 15) is 4.79 Å². The largest absolute Gasteiger partial charge is 0.354 e. The third-order valence-corrected chi connectivity index (χ3v) is 3.90. The SMILES string of the molecule is CCC(C)C(N)C(=O)NCC1(CC)CC1. The Balaban J connectivity index is 2.29. The second-order valence-electron chi connectivity index (χ2n) is 4.98. The molecule has 88 valence electrons. The van der Waals surface area contributed by atoms with E-state index in [1.54, 1.807) is 0 Å². The molecule has 1 fully saturated rings. The van der Waals surface area contributed by atoms with E-state index in [-0.39, 0.29) is 17.9 Å². The Kier molecular flexibility index (Phi) is 4.14. The van der Waals surface area contributed by atoms with Gasteiger partial charge in [0, 0.05) is 6.54 Å². The number of nitrogens with two attached hydrogens (primary N) is 1. The van der Waals surface area contributed by atoms with Crippen LogP contribution in [0, 0.1) is 11.3 Å². The topological polar surface area (TPSA) is 55.1 Å². The van der Waals surface area contributed by atoms with Crippen LogP contribution in [0.3, 0.4) is 0 Å². The highest BCUT2D eigenvalue weighted by molar-refractivity contribution is 5.81. The molecule has 0 bridgehead atoms. The molecule has 1 aliphatic rings. The fourth-order valence-electron chi connectivity index (χ4n) is 1.74. The number of hydrogen-bond donors (Lipinski definition) is 2. The van der Waals surface area contributed by atoms with E-state index in [0.717, 1.165) is 19.4 Å². The van der Waals surface area contributed by atoms with Gasteiger partial charge in [0.2, 0.25) is 5.91 Å². The lowest BCUT2D eigenvalue weighted by Gasteiger charge is -2.20. The molecule has 1 aliphatic carbocycles. The third-order valence-electron chi connectivity index (χ3n) is 3.90. The van der Waals surface area contributed by atoms with Gasteiger partial charge >= 0.3 is 0 Å². The van der Waals surface area contributed by atoms with Crippen LogP contribution in [-0.2, 0) is 4.79 Å². The summed E-state index contributed by atoms with van der Waals surface area (Å²) in [6.07, 6.45) is 4.62. The Morgan fingerprint density at radius 2 is 2.07 bits per heavy atom. The Morgan fingerprint density at radius 1 is 1.47 bits per heavy atom. The second kappa shape index (κ2) is 4.97. The molecule has 0 aliphatic heterocycles. The summed E-state index contributed by atoms with van der Waals surface area (Å²) in [6.45, 7) is 7.09. The van der Waals surface area contributed by atoms with Gasteiger partial charge in [-0.3, -0.25) is 4.79 Å². The molecule has 1 amide bonds. The Labute approximate surface area is 92.8 Å². The van der Waals surface area contributed by atoms with Crippen LogP contribution in [0.2, 0.25) is 0 Å². The molecule has 0 aromatic heterocycles. The fourth-order valence-corrected chi connectivity index (χ4v) is 1.74. The van der Waals surface area contributed by atoms with Crippen molar-refractivity contribution in [1.82, 2.24) is 5.32 Å². The number of hydrogen-bond acceptors (Lipinski definition) is 2. The third kappa shape index (κ3) is 3.20. The lowest BCUT2D eigenvalue weighted by Crippen LogP contribution is -2.46. The van der Waals surface area contributed by atoms with Crippen LogP contribution in [0.5, 0.6) is 0 Å². The number of amides is 1. The summed E-state index contributed by atoms with van der Waals surface area (Å²) in [6, 6.07) is -0.345. The van der Waals surface area contributed by atoms with E-state index < -0.39 is 0 Å². The molecule has 1 rings (SSSR count). The number of carbonyl (C=O) groups excluding carboxylic acids is 1. The van der Waals surface area contributed by atoms with Crippen molar-refractivity contribution < 1.29 is 4.79 Å². The van der Waals surface area contributed by atoms with E-state index in [1.165, 1.54) is 12.8 Å². The summed E-state index contributed by atoms with van der Waals surface area (Å²) in [4.78, 5) is 11.7. The number of carbonyl (C=O) groups is 1. The standard InChI is InChI=1S/C12H24N2O/c1-4-9(3)10(13)11(15)14-8-12(5-2)6-7-12/h9-10H,4-8,13H2,1-3H3,(H,14,15). The smallest absolute Gasteiger partial charge is 0.237 e. The Hall–Kier alpha value is -0.570. The van der Waals surface area contributed by atoms with Crippen LogP contribution in [0.4, 0.5) is 0 Å². The lowest BCUT2D eigenvalue weighted by molar-refractivity contribution is -0.123. The second-order valence-corrected chi connectivity index (χ2v) is 4.98. The molecule has 0 aromatic carbocycles. The molecule has 1 saturated carbocycles. The van der Waals surface area contributed by atoms with Gasteiger partial charge in [0.05, 0.1) is 6.04 Å². The first-order valence-electron chi connectivity index (χ1n) is 6.08. The van der Waals surface area contributed by atoms with Gasteiger partial charge in [0.1, 0.15) is 0 Å². The number of nitrogens with one attached hydrogen (secondary N) is 1. The molecule has 15 heavy (non-hydrogen) atoms. The van der Waals surface area contributed by atoms with Gasteiger partial charge in [-0.2, -0.15) is 0 Å². The van der Waals surface area contributed by atoms with E-state index in [4.69, 9.17) is 5.73 Å². The zero-order valence-corrected chi connectivity index (χ0v) is 10.2. The van der Waals surface area contributed by atoms with Gasteiger partial charge in [0.25, 0.3) is 0 Å². The minimum atomic E-state index is -0.345. The van der Waals surface area contributed by atoms with Gasteiger partial charge < -0.3 is 11.1 Å². The summed E-state index contributed by atoms with van der Waals surface area (Å²) in [5.41, 5.74) is 6.26. The summed E-state index contributed by atoms with van der Waals surface area (Å²) < 4.78 is 0. The average molecular weight is 212 g/mol. The molecule has 3 nitrogen and oxygen atoms in total. The van der Waals surface area contributed by atoms with Crippen LogP contribution in [0.25, 0.3) is 0 Å². The average Bonchev–Trinajstić information content (AvgIpc) is 3.04. The van der Waals surface area contributed by atoms with Gasteiger partial charge in [-0.1, -0.05) is 27.2 Å². The maximum absolute atomic E-state index is 11.7. The fraction of sp³-hybridized carbons (Fsp3) is 0.917. The van der Waals surface area contributed by atoms with E-state index >= 15 is 0 Å². The van der Waals surface area contributed by atoms with Crippen molar-refractivity contribution in [2.24, 2.45) is 17.1 Å². The predicted octanol–water partition coefficient (Wildman–Crippen LogP) is 1.67. The van der Waals surface area contributed by atoms with Crippen LogP contribution in [0.15, 0.2) is 0 Å². The van der Waals surface area contributed by atoms with Crippen molar-refractivity contribution in [3.05, 3.63) is 0 Å². The van der Waals surface area contributed by atoms with Crippen LogP contribution < -0.4 is 11.1 Å². The molecule has 2 atom stereocenters. The highest BCUT2D eigenvalue weighted by atomic mass is 16.2. The predicted molar refractivity (Wildman–Crippen MR) is 62.4 cm³/mol. The van der Waals surface area contributed by atoms with Gasteiger partial charge in [-0.05, 0) is 30.6 Å². The van der Waals surface area contributed by atoms with E-state index in [2.05, 4.69) is 19.2 Å². The van der Waals surface area contributed by atoms with Gasteiger partial charge in [0.15, 0.2) is 0 Å². The number of rotatable bonds is 6. The van der Waals surface area contributed by atoms with Crippen molar-refractivity contribution in [3.63, 3.8) is 0 Å². The van der Waals surface area contributed by atoms with Gasteiger partial charge in [-0.15, -0.1) is 0 Å². The molecular formula is C12H24N2O. The molecule has 3 heteroatoms. The molecule has 0 radical (unpaired) electrons. The maximum Gasteiger partial charge on any atom is 0.237 e. The van der Waals surface area contributed by atoms with Crippen molar-refractivity contribution >= 4 is 5.91 Å². The first-order chi connectivity index (χ1) is 7.04. The first-order valence-corrected chi connectivity index (χ1v) is 6.08. The van der Waals surface area contributed by atoms with Crippen molar-refractivity contribution in [2.75, 3.05) is 6.54 Å². The Morgan fingerprint density at radius 3 is 2.47 bits per heavy atom. The van der Waals surface area contributed by atoms with Crippen molar-refractivity contribution in [1.29, 1.82) is 0 Å². The van der Waals surface area contributed by atoms with E-state index in [1.807, 2.05) is 6.92 Å².